The molecule has 5 nitrogen and oxygen atoms in total. The molecular weight excluding hydrogens is 323 g/mol. The van der Waals surface area contributed by atoms with E-state index in [4.69, 9.17) is 17.3 Å². The van der Waals surface area contributed by atoms with Crippen LogP contribution in [0.1, 0.15) is 20.3 Å². The van der Waals surface area contributed by atoms with Gasteiger partial charge in [0, 0.05) is 12.3 Å². The van der Waals surface area contributed by atoms with Gasteiger partial charge in [0.15, 0.2) is 5.82 Å². The zero-order valence-corrected chi connectivity index (χ0v) is 14.1. The zero-order chi connectivity index (χ0) is 15.4. The Bertz CT molecular complexity index is 630. The number of rotatable bonds is 5. The number of para-hydroxylation sites is 1. The van der Waals surface area contributed by atoms with Gasteiger partial charge in [-0.15, -0.1) is 12.4 Å². The first-order valence-electron chi connectivity index (χ1n) is 6.90. The van der Waals surface area contributed by atoms with Crippen LogP contribution < -0.4 is 11.1 Å². The number of carbonyl (C=O) groups excluding carboxylic acids is 1. The van der Waals surface area contributed by atoms with Crippen LogP contribution in [0.2, 0.25) is 5.02 Å². The third-order valence-corrected chi connectivity index (χ3v) is 3.82. The van der Waals surface area contributed by atoms with E-state index in [1.807, 2.05) is 32.0 Å². The second-order valence-corrected chi connectivity index (χ2v) is 5.40. The topological polar surface area (TPSA) is 72.9 Å². The van der Waals surface area contributed by atoms with E-state index in [1.54, 1.807) is 23.0 Å². The largest absolute Gasteiger partial charge is 0.320 e. The van der Waals surface area contributed by atoms with Gasteiger partial charge in [-0.2, -0.15) is 5.10 Å². The highest BCUT2D eigenvalue weighted by Gasteiger charge is 2.20. The number of benzene rings is 1. The molecule has 0 fully saturated rings. The van der Waals surface area contributed by atoms with Gasteiger partial charge in [0.1, 0.15) is 0 Å². The van der Waals surface area contributed by atoms with Crippen molar-refractivity contribution in [2.75, 3.05) is 5.32 Å². The number of carbonyl (C=O) groups is 1. The first-order chi connectivity index (χ1) is 10.0. The number of nitrogens with two attached hydrogens (primary N) is 1. The lowest BCUT2D eigenvalue weighted by molar-refractivity contribution is -0.118. The van der Waals surface area contributed by atoms with E-state index in [0.29, 0.717) is 10.8 Å². The first kappa shape index (κ1) is 18.5. The highest BCUT2D eigenvalue weighted by Crippen LogP contribution is 2.20. The molecule has 120 valence electrons. The Hall–Kier alpha value is -1.56. The molecule has 1 aromatic carbocycles. The summed E-state index contributed by atoms with van der Waals surface area (Å²) in [6, 6.07) is 8.54. The normalized spacial score (nSPS) is 13.1. The van der Waals surface area contributed by atoms with E-state index >= 15 is 0 Å². The van der Waals surface area contributed by atoms with Crippen molar-refractivity contribution in [1.82, 2.24) is 9.78 Å². The Morgan fingerprint density at radius 1 is 1.41 bits per heavy atom. The van der Waals surface area contributed by atoms with Gasteiger partial charge < -0.3 is 11.1 Å². The maximum atomic E-state index is 12.0. The number of hydrogen-bond acceptors (Lipinski definition) is 3. The van der Waals surface area contributed by atoms with E-state index in [2.05, 4.69) is 10.4 Å². The van der Waals surface area contributed by atoms with Crippen LogP contribution in [0, 0.1) is 5.92 Å². The maximum Gasteiger partial charge on any atom is 0.242 e. The smallest absolute Gasteiger partial charge is 0.242 e. The summed E-state index contributed by atoms with van der Waals surface area (Å²) in [5.41, 5.74) is 6.65. The summed E-state index contributed by atoms with van der Waals surface area (Å²) in [7, 11) is 0. The molecule has 2 atom stereocenters. The van der Waals surface area contributed by atoms with Crippen LogP contribution in [-0.4, -0.2) is 21.7 Å². The van der Waals surface area contributed by atoms with Crippen LogP contribution in [0.25, 0.3) is 5.69 Å². The van der Waals surface area contributed by atoms with Crippen molar-refractivity contribution >= 4 is 35.7 Å². The Labute approximate surface area is 141 Å². The van der Waals surface area contributed by atoms with E-state index in [-0.39, 0.29) is 24.2 Å². The predicted octanol–water partition coefficient (Wildman–Crippen LogP) is 3.26. The molecule has 1 heterocycles. The molecule has 2 unspecified atom stereocenters. The molecule has 0 aliphatic rings. The number of nitrogens with one attached hydrogen (secondary N) is 1. The van der Waals surface area contributed by atoms with E-state index in [9.17, 15) is 4.79 Å². The van der Waals surface area contributed by atoms with Gasteiger partial charge in [0.05, 0.1) is 16.8 Å². The average molecular weight is 343 g/mol. The van der Waals surface area contributed by atoms with Crippen molar-refractivity contribution in [3.63, 3.8) is 0 Å². The van der Waals surface area contributed by atoms with E-state index < -0.39 is 6.04 Å². The summed E-state index contributed by atoms with van der Waals surface area (Å²) < 4.78 is 1.62. The number of hydrogen-bond donors (Lipinski definition) is 2. The summed E-state index contributed by atoms with van der Waals surface area (Å²) in [5.74, 6) is 0.350. The molecule has 0 aliphatic heterocycles. The lowest BCUT2D eigenvalue weighted by Gasteiger charge is -2.16. The Kier molecular flexibility index (Phi) is 6.87. The van der Waals surface area contributed by atoms with Gasteiger partial charge in [-0.1, -0.05) is 44.0 Å². The molecule has 0 bridgehead atoms. The lowest BCUT2D eigenvalue weighted by Crippen LogP contribution is -2.40. The minimum atomic E-state index is -0.541. The second-order valence-electron chi connectivity index (χ2n) is 5.00. The molecule has 7 heteroatoms. The number of anilines is 1. The molecule has 0 saturated carbocycles. The average Bonchev–Trinajstić information content (AvgIpc) is 2.94. The van der Waals surface area contributed by atoms with Crippen LogP contribution in [-0.2, 0) is 4.79 Å². The fraction of sp³-hybridized carbons (Fsp3) is 0.333. The fourth-order valence-corrected chi connectivity index (χ4v) is 2.11. The number of aromatic nitrogens is 2. The number of halogens is 2. The maximum absolute atomic E-state index is 12.0. The third-order valence-electron chi connectivity index (χ3n) is 3.50. The monoisotopic (exact) mass is 342 g/mol. The van der Waals surface area contributed by atoms with Crippen molar-refractivity contribution in [2.45, 2.75) is 26.3 Å². The van der Waals surface area contributed by atoms with Gasteiger partial charge >= 0.3 is 0 Å². The van der Waals surface area contributed by atoms with Crippen LogP contribution in [0.3, 0.4) is 0 Å². The van der Waals surface area contributed by atoms with Crippen LogP contribution in [0.5, 0.6) is 0 Å². The van der Waals surface area contributed by atoms with E-state index in [0.717, 1.165) is 12.1 Å². The zero-order valence-electron chi connectivity index (χ0n) is 12.5. The molecule has 2 rings (SSSR count). The summed E-state index contributed by atoms with van der Waals surface area (Å²) >= 11 is 6.12. The van der Waals surface area contributed by atoms with Crippen molar-refractivity contribution < 1.29 is 4.79 Å². The molecule has 3 N–H and O–H groups in total. The first-order valence-corrected chi connectivity index (χ1v) is 7.27. The Balaban J connectivity index is 0.00000242. The summed E-state index contributed by atoms with van der Waals surface area (Å²) in [6.45, 7) is 3.95. The molecule has 0 saturated heterocycles. The Morgan fingerprint density at radius 2 is 2.09 bits per heavy atom. The summed E-state index contributed by atoms with van der Waals surface area (Å²) in [5, 5.41) is 7.61. The molecular formula is C15H20Cl2N4O. The molecule has 1 aromatic heterocycles. The minimum Gasteiger partial charge on any atom is -0.320 e. The fourth-order valence-electron chi connectivity index (χ4n) is 1.88. The van der Waals surface area contributed by atoms with E-state index in [1.165, 1.54) is 0 Å². The van der Waals surface area contributed by atoms with Gasteiger partial charge in [-0.25, -0.2) is 4.68 Å². The van der Waals surface area contributed by atoms with Crippen LogP contribution in [0.15, 0.2) is 36.5 Å². The standard InChI is InChI=1S/C15H19ClN4O.ClH/c1-3-10(2)14(17)15(21)18-13-8-9-20(19-13)12-7-5-4-6-11(12)16;/h4-10,14H,3,17H2,1-2H3,(H,18,19,21);1H. The van der Waals surface area contributed by atoms with Crippen LogP contribution >= 0.6 is 24.0 Å². The van der Waals surface area contributed by atoms with Gasteiger partial charge in [0.25, 0.3) is 0 Å². The highest BCUT2D eigenvalue weighted by molar-refractivity contribution is 6.32. The number of nitrogens with zero attached hydrogens (tertiary/aromatic N) is 2. The summed E-state index contributed by atoms with van der Waals surface area (Å²) in [6.07, 6.45) is 2.59. The van der Waals surface area contributed by atoms with Gasteiger partial charge in [0.2, 0.25) is 5.91 Å². The quantitative estimate of drug-likeness (QED) is 0.875. The minimum absolute atomic E-state index is 0. The SMILES string of the molecule is CCC(C)C(N)C(=O)Nc1ccn(-c2ccccc2Cl)n1.Cl. The van der Waals surface area contributed by atoms with Crippen LogP contribution in [0.4, 0.5) is 5.82 Å². The molecule has 22 heavy (non-hydrogen) atoms. The van der Waals surface area contributed by atoms with Gasteiger partial charge in [-0.05, 0) is 18.1 Å². The second kappa shape index (κ2) is 8.17. The third kappa shape index (κ3) is 4.22. The van der Waals surface area contributed by atoms with Crippen molar-refractivity contribution in [2.24, 2.45) is 11.7 Å². The Morgan fingerprint density at radius 3 is 2.73 bits per heavy atom. The molecule has 0 aliphatic carbocycles. The van der Waals surface area contributed by atoms with Crippen molar-refractivity contribution in [3.8, 4) is 5.69 Å². The highest BCUT2D eigenvalue weighted by atomic mass is 35.5. The molecule has 0 radical (unpaired) electrons. The van der Waals surface area contributed by atoms with Gasteiger partial charge in [-0.3, -0.25) is 4.79 Å². The molecule has 1 amide bonds. The number of amides is 1. The van der Waals surface area contributed by atoms with Crippen molar-refractivity contribution in [3.05, 3.63) is 41.6 Å². The molecule has 0 spiro atoms. The predicted molar refractivity (Wildman–Crippen MR) is 91.9 cm³/mol. The summed E-state index contributed by atoms with van der Waals surface area (Å²) in [4.78, 5) is 12.0. The lowest BCUT2D eigenvalue weighted by atomic mass is 9.99. The van der Waals surface area contributed by atoms with Crippen molar-refractivity contribution in [1.29, 1.82) is 0 Å². The molecule has 2 aromatic rings.